The first kappa shape index (κ1) is 36.4. The molecule has 0 unspecified atom stereocenters. The van der Waals surface area contributed by atoms with Gasteiger partial charge in [-0.05, 0) is 72.8 Å². The third kappa shape index (κ3) is 11.7. The molecule has 0 radical (unpaired) electrons. The molecule has 230 valence electrons. The maximum Gasteiger partial charge on any atom is 0.303 e. The van der Waals surface area contributed by atoms with E-state index in [0.717, 1.165) is 17.7 Å². The fourth-order valence-electron chi connectivity index (χ4n) is 6.08. The minimum Gasteiger partial charge on any atom is -0.497 e. The SMILES string of the molecule is COc1ccc(CO[C@@H](CCCC(=O)O)[C@@H](C)C/C(C)=C/C[C@@H](O)[C@@H](C)CO[Si](C(C)C)(C(C)C)C(C)C)cc1. The van der Waals surface area contributed by atoms with Gasteiger partial charge in [0.2, 0.25) is 0 Å². The zero-order chi connectivity index (χ0) is 30.5. The molecule has 4 atom stereocenters. The van der Waals surface area contributed by atoms with Crippen molar-refractivity contribution in [3.63, 3.8) is 0 Å². The molecule has 2 N–H and O–H groups in total. The van der Waals surface area contributed by atoms with Gasteiger partial charge >= 0.3 is 5.97 Å². The van der Waals surface area contributed by atoms with Crippen LogP contribution in [-0.2, 0) is 20.6 Å². The summed E-state index contributed by atoms with van der Waals surface area (Å²) in [5.41, 5.74) is 3.84. The number of hydrogen-bond acceptors (Lipinski definition) is 5. The molecule has 0 aromatic heterocycles. The number of ether oxygens (including phenoxy) is 2. The Balaban J connectivity index is 2.75. The second-order valence-corrected chi connectivity index (χ2v) is 18.1. The number of allylic oxidation sites excluding steroid dienone is 1. The van der Waals surface area contributed by atoms with Crippen molar-refractivity contribution < 1.29 is 28.9 Å². The lowest BCUT2D eigenvalue weighted by atomic mass is 9.91. The van der Waals surface area contributed by atoms with Gasteiger partial charge in [0.25, 0.3) is 0 Å². The van der Waals surface area contributed by atoms with Crippen molar-refractivity contribution in [2.45, 2.75) is 130 Å². The van der Waals surface area contributed by atoms with Crippen LogP contribution in [0.15, 0.2) is 35.9 Å². The van der Waals surface area contributed by atoms with Gasteiger partial charge in [-0.1, -0.05) is 79.2 Å². The summed E-state index contributed by atoms with van der Waals surface area (Å²) in [6, 6.07) is 7.82. The molecule has 0 saturated heterocycles. The average molecular weight is 579 g/mol. The van der Waals surface area contributed by atoms with Crippen LogP contribution in [0.1, 0.15) is 100.0 Å². The summed E-state index contributed by atoms with van der Waals surface area (Å²) in [6.07, 6.45) is 4.49. The highest BCUT2D eigenvalue weighted by molar-refractivity contribution is 6.77. The number of methoxy groups -OCH3 is 1. The zero-order valence-electron chi connectivity index (χ0n) is 26.9. The summed E-state index contributed by atoms with van der Waals surface area (Å²) in [7, 11) is -0.308. The monoisotopic (exact) mass is 578 g/mol. The van der Waals surface area contributed by atoms with Crippen molar-refractivity contribution in [3.05, 3.63) is 41.5 Å². The Morgan fingerprint density at radius 3 is 2.02 bits per heavy atom. The number of carbonyl (C=O) groups is 1. The maximum atomic E-state index is 11.1. The van der Waals surface area contributed by atoms with Crippen molar-refractivity contribution in [3.8, 4) is 5.75 Å². The molecule has 0 heterocycles. The minimum atomic E-state index is -1.95. The van der Waals surface area contributed by atoms with E-state index in [2.05, 4.69) is 68.4 Å². The number of aliphatic hydroxyl groups is 1. The van der Waals surface area contributed by atoms with Crippen LogP contribution < -0.4 is 4.74 Å². The number of aliphatic carboxylic acids is 1. The second-order valence-electron chi connectivity index (χ2n) is 12.6. The highest BCUT2D eigenvalue weighted by atomic mass is 28.4. The zero-order valence-corrected chi connectivity index (χ0v) is 27.9. The molecule has 0 aliphatic rings. The molecule has 40 heavy (non-hydrogen) atoms. The molecule has 1 aromatic carbocycles. The largest absolute Gasteiger partial charge is 0.497 e. The fourth-order valence-corrected chi connectivity index (χ4v) is 11.6. The highest BCUT2D eigenvalue weighted by Gasteiger charge is 2.45. The first-order chi connectivity index (χ1) is 18.7. The van der Waals surface area contributed by atoms with E-state index in [1.54, 1.807) is 7.11 Å². The first-order valence-electron chi connectivity index (χ1n) is 15.2. The summed E-state index contributed by atoms with van der Waals surface area (Å²) in [6.45, 7) is 21.1. The second kappa shape index (κ2) is 18.0. The molecule has 0 fully saturated rings. The van der Waals surface area contributed by atoms with Crippen LogP contribution in [0.3, 0.4) is 0 Å². The Morgan fingerprint density at radius 2 is 1.52 bits per heavy atom. The van der Waals surface area contributed by atoms with Crippen LogP contribution in [0.4, 0.5) is 0 Å². The summed E-state index contributed by atoms with van der Waals surface area (Å²) in [4.78, 5) is 11.1. The Bertz CT molecular complexity index is 858. The molecule has 6 nitrogen and oxygen atoms in total. The smallest absolute Gasteiger partial charge is 0.303 e. The molecule has 0 saturated carbocycles. The molecule has 0 bridgehead atoms. The van der Waals surface area contributed by atoms with Gasteiger partial charge in [0.05, 0.1) is 25.9 Å². The molecule has 7 heteroatoms. The summed E-state index contributed by atoms with van der Waals surface area (Å²) < 4.78 is 18.3. The predicted octanol–water partition coefficient (Wildman–Crippen LogP) is 8.39. The van der Waals surface area contributed by atoms with Gasteiger partial charge in [0.1, 0.15) is 5.75 Å². The number of benzene rings is 1. The van der Waals surface area contributed by atoms with E-state index in [9.17, 15) is 9.90 Å². The molecule has 0 amide bonds. The van der Waals surface area contributed by atoms with E-state index in [0.29, 0.717) is 49.1 Å². The standard InChI is InChI=1S/C33H58O6Si/c1-23(2)40(24(3)4,25(5)6)39-21-28(9)31(34)19-14-26(7)20-27(8)32(12-11-13-33(35)36)38-22-29-15-17-30(37-10)18-16-29/h14-18,23-25,27-28,31-32,34H,11-13,19-22H2,1-10H3,(H,35,36)/b26-14+/t27-,28-,31+,32-/m0/s1. The van der Waals surface area contributed by atoms with Gasteiger partial charge in [0.15, 0.2) is 8.32 Å². The van der Waals surface area contributed by atoms with Gasteiger partial charge in [-0.2, -0.15) is 0 Å². The van der Waals surface area contributed by atoms with Gasteiger partial charge in [-0.3, -0.25) is 4.79 Å². The van der Waals surface area contributed by atoms with E-state index < -0.39 is 20.4 Å². The number of hydrogen-bond donors (Lipinski definition) is 2. The minimum absolute atomic E-state index is 0.0526. The molecule has 0 aliphatic heterocycles. The van der Waals surface area contributed by atoms with Gasteiger partial charge in [-0.15, -0.1) is 0 Å². The van der Waals surface area contributed by atoms with E-state index in [4.69, 9.17) is 19.0 Å². The van der Waals surface area contributed by atoms with E-state index in [-0.39, 0.29) is 24.4 Å². The number of carboxylic acid groups (broad SMARTS) is 1. The van der Waals surface area contributed by atoms with Crippen LogP contribution in [0, 0.1) is 11.8 Å². The predicted molar refractivity (Wildman–Crippen MR) is 167 cm³/mol. The lowest BCUT2D eigenvalue weighted by Crippen LogP contribution is -2.49. The van der Waals surface area contributed by atoms with E-state index in [1.807, 2.05) is 24.3 Å². The summed E-state index contributed by atoms with van der Waals surface area (Å²) in [5, 5.41) is 20.0. The number of rotatable bonds is 20. The molecular weight excluding hydrogens is 520 g/mol. The van der Waals surface area contributed by atoms with Crippen LogP contribution >= 0.6 is 0 Å². The summed E-state index contributed by atoms with van der Waals surface area (Å²) in [5.74, 6) is 0.303. The normalized spacial score (nSPS) is 15.9. The van der Waals surface area contributed by atoms with Crippen LogP contribution in [0.5, 0.6) is 5.75 Å². The third-order valence-corrected chi connectivity index (χ3v) is 14.5. The average Bonchev–Trinajstić information content (AvgIpc) is 2.88. The van der Waals surface area contributed by atoms with Gasteiger partial charge < -0.3 is 24.1 Å². The van der Waals surface area contributed by atoms with Crippen molar-refractivity contribution in [2.24, 2.45) is 11.8 Å². The lowest BCUT2D eigenvalue weighted by molar-refractivity contribution is -0.137. The van der Waals surface area contributed by atoms with Crippen LogP contribution in [0.2, 0.25) is 16.6 Å². The van der Waals surface area contributed by atoms with Gasteiger partial charge in [0, 0.05) is 18.9 Å². The molecule has 0 aliphatic carbocycles. The Hall–Kier alpha value is -1.67. The first-order valence-corrected chi connectivity index (χ1v) is 17.3. The maximum absolute atomic E-state index is 11.1. The lowest BCUT2D eigenvalue weighted by Gasteiger charge is -2.43. The molecule has 0 spiro atoms. The Kier molecular flexibility index (Phi) is 16.3. The Morgan fingerprint density at radius 1 is 0.950 bits per heavy atom. The van der Waals surface area contributed by atoms with Gasteiger partial charge in [-0.25, -0.2) is 0 Å². The summed E-state index contributed by atoms with van der Waals surface area (Å²) >= 11 is 0. The molecule has 1 aromatic rings. The highest BCUT2D eigenvalue weighted by Crippen LogP contribution is 2.42. The van der Waals surface area contributed by atoms with Crippen LogP contribution in [-0.4, -0.2) is 50.4 Å². The van der Waals surface area contributed by atoms with Crippen molar-refractivity contribution in [1.29, 1.82) is 0 Å². The van der Waals surface area contributed by atoms with E-state index >= 15 is 0 Å². The third-order valence-electron chi connectivity index (χ3n) is 8.45. The topological polar surface area (TPSA) is 85.2 Å². The fraction of sp³-hybridized carbons (Fsp3) is 0.727. The molecule has 1 rings (SSSR count). The van der Waals surface area contributed by atoms with E-state index in [1.165, 1.54) is 5.57 Å². The van der Waals surface area contributed by atoms with Crippen molar-refractivity contribution in [2.75, 3.05) is 13.7 Å². The number of aliphatic hydroxyl groups excluding tert-OH is 1. The molecular formula is C33H58O6Si. The quantitative estimate of drug-likeness (QED) is 0.119. The van der Waals surface area contributed by atoms with Crippen molar-refractivity contribution >= 4 is 14.3 Å². The Labute approximate surface area is 245 Å². The number of carboxylic acids is 1. The van der Waals surface area contributed by atoms with Crippen molar-refractivity contribution in [1.82, 2.24) is 0 Å². The van der Waals surface area contributed by atoms with Crippen LogP contribution in [0.25, 0.3) is 0 Å².